The van der Waals surface area contributed by atoms with Crippen LogP contribution in [0.1, 0.15) is 18.5 Å². The van der Waals surface area contributed by atoms with Gasteiger partial charge in [-0.05, 0) is 36.6 Å². The summed E-state index contributed by atoms with van der Waals surface area (Å²) in [6, 6.07) is 1.30. The van der Waals surface area contributed by atoms with Crippen molar-refractivity contribution in [3.05, 3.63) is 68.8 Å². The van der Waals surface area contributed by atoms with E-state index >= 15 is 0 Å². The van der Waals surface area contributed by atoms with E-state index in [-0.39, 0.29) is 44.8 Å². The molecule has 0 spiro atoms. The van der Waals surface area contributed by atoms with Crippen LogP contribution in [0.15, 0.2) is 57.6 Å². The van der Waals surface area contributed by atoms with Crippen LogP contribution in [0.2, 0.25) is 0 Å². The summed E-state index contributed by atoms with van der Waals surface area (Å²) in [7, 11) is 1.68. The third kappa shape index (κ3) is 6.11. The molecule has 0 bridgehead atoms. The molecule has 0 saturated carbocycles. The number of allylic oxidation sites excluding steroid dienone is 1. The largest absolute Gasteiger partial charge is 0.508 e. The summed E-state index contributed by atoms with van der Waals surface area (Å²) in [4.78, 5) is 74.8. The summed E-state index contributed by atoms with van der Waals surface area (Å²) in [5.41, 5.74) is 10.5. The van der Waals surface area contributed by atoms with Crippen LogP contribution in [0.3, 0.4) is 0 Å². The summed E-state index contributed by atoms with van der Waals surface area (Å²) in [5, 5.41) is 24.6. The van der Waals surface area contributed by atoms with Gasteiger partial charge in [-0.25, -0.2) is 20.0 Å². The Bertz CT molecular complexity index is 1730. The number of fused-ring (bicyclic) bond motifs is 1. The highest BCUT2D eigenvalue weighted by Crippen LogP contribution is 2.43. The van der Waals surface area contributed by atoms with Crippen LogP contribution in [0.5, 0.6) is 5.75 Å². The van der Waals surface area contributed by atoms with Crippen LogP contribution in [0.25, 0.3) is 0 Å². The van der Waals surface area contributed by atoms with Gasteiger partial charge in [0.1, 0.15) is 34.6 Å². The molecule has 3 aliphatic rings. The summed E-state index contributed by atoms with van der Waals surface area (Å²) < 4.78 is 1.56. The van der Waals surface area contributed by atoms with Crippen molar-refractivity contribution in [3.8, 4) is 5.75 Å². The van der Waals surface area contributed by atoms with Gasteiger partial charge in [0.25, 0.3) is 11.5 Å². The number of urea groups is 1. The molecule has 0 aliphatic carbocycles. The van der Waals surface area contributed by atoms with Crippen molar-refractivity contribution in [2.75, 3.05) is 29.6 Å². The van der Waals surface area contributed by atoms with Gasteiger partial charge in [0.05, 0.1) is 16.0 Å². The van der Waals surface area contributed by atoms with Gasteiger partial charge >= 0.3 is 12.0 Å². The predicted octanol–water partition coefficient (Wildman–Crippen LogP) is 0.0864. The van der Waals surface area contributed by atoms with Gasteiger partial charge in [0.2, 0.25) is 11.9 Å². The second-order valence-electron chi connectivity index (χ2n) is 9.78. The monoisotopic (exact) mass is 688 g/mol. The van der Waals surface area contributed by atoms with Crippen LogP contribution < -0.4 is 37.7 Å². The maximum absolute atomic E-state index is 13.9. The standard InChI is InChI=1S/C26H28N10O7S3/c1-3-29-26-30-8-14(20(38)33-26)34(25(27)43)17(11-4-6-12(37)7-5-11)21(39)32-16-22(40)35-18(24(41)42)13(10-45-23(16)35)19(44)15-9-31-36(28-2)46-15/h4-9,16-17,23,28,31,37H,3,10H2,1-2H3,(H2,27,43)(H,32,39)(H,41,42)(H2,29,30,33,38)/t16?,17?,23-/m0/s1. The molecule has 4 heterocycles. The van der Waals surface area contributed by atoms with Crippen LogP contribution in [-0.4, -0.2) is 89.0 Å². The molecule has 17 nitrogen and oxygen atoms in total. The van der Waals surface area contributed by atoms with Gasteiger partial charge in [-0.1, -0.05) is 28.9 Å². The third-order valence-corrected chi connectivity index (χ3v) is 9.87. The number of nitrogens with one attached hydrogen (secondary N) is 5. The number of benzene rings is 1. The molecular weight excluding hydrogens is 661 g/mol. The average molecular weight is 689 g/mol. The molecule has 3 aliphatic heterocycles. The van der Waals surface area contributed by atoms with Gasteiger partial charge in [-0.2, -0.15) is 0 Å². The van der Waals surface area contributed by atoms with Crippen LogP contribution >= 0.6 is 35.9 Å². The normalized spacial score (nSPS) is 19.7. The second kappa shape index (κ2) is 13.4. The molecule has 4 amide bonds. The Morgan fingerprint density at radius 3 is 2.57 bits per heavy atom. The van der Waals surface area contributed by atoms with E-state index in [1.165, 1.54) is 48.0 Å². The Morgan fingerprint density at radius 2 is 1.98 bits per heavy atom. The van der Waals surface area contributed by atoms with Crippen molar-refractivity contribution >= 4 is 76.2 Å². The zero-order valence-electron chi connectivity index (χ0n) is 24.1. The number of rotatable bonds is 11. The highest BCUT2D eigenvalue weighted by atomic mass is 32.2. The molecule has 2 aromatic rings. The Morgan fingerprint density at radius 1 is 1.26 bits per heavy atom. The van der Waals surface area contributed by atoms with Crippen LogP contribution in [-0.2, 0) is 14.4 Å². The number of carboxylic acid groups (broad SMARTS) is 1. The minimum atomic E-state index is -1.59. The summed E-state index contributed by atoms with van der Waals surface area (Å²) in [6.07, 6.45) is 2.68. The minimum Gasteiger partial charge on any atom is -0.508 e. The lowest BCUT2D eigenvalue weighted by molar-refractivity contribution is -0.150. The number of aromatic nitrogens is 2. The number of H-pyrrole nitrogens is 1. The molecular formula is C26H28N10O7S3. The molecule has 1 aromatic heterocycles. The van der Waals surface area contributed by atoms with E-state index in [0.717, 1.165) is 16.0 Å². The Hall–Kier alpha value is -4.63. The fourth-order valence-electron chi connectivity index (χ4n) is 4.94. The van der Waals surface area contributed by atoms with Crippen molar-refractivity contribution in [1.29, 1.82) is 0 Å². The first-order valence-corrected chi connectivity index (χ1v) is 15.8. The lowest BCUT2D eigenvalue weighted by Crippen LogP contribution is -2.71. The van der Waals surface area contributed by atoms with E-state index < -0.39 is 46.8 Å². The number of phenolic OH excluding ortho intramolecular Hbond substituents is 1. The SMILES string of the molecule is CCNc1ncc(N(C(N)=O)C(C(=O)NC2C(=O)N3C(C(=O)O)=C(C(=S)C4=CNN(NC)S4)CS[C@@H]23)c2ccc(O)cc2)c(=O)[nH]1. The fourth-order valence-corrected chi connectivity index (χ4v) is 7.43. The highest BCUT2D eigenvalue weighted by molar-refractivity contribution is 8.03. The second-order valence-corrected chi connectivity index (χ2v) is 12.3. The quantitative estimate of drug-likeness (QED) is 0.0887. The molecule has 20 heteroatoms. The molecule has 5 rings (SSSR count). The van der Waals surface area contributed by atoms with Crippen LogP contribution in [0, 0.1) is 0 Å². The maximum atomic E-state index is 13.9. The smallest absolute Gasteiger partial charge is 0.353 e. The number of carbonyl (C=O) groups excluding carboxylic acids is 3. The lowest BCUT2D eigenvalue weighted by Gasteiger charge is -2.49. The number of hydrazine groups is 2. The molecule has 1 fully saturated rings. The fraction of sp³-hybridized carbons (Fsp3) is 0.269. The lowest BCUT2D eigenvalue weighted by atomic mass is 9.99. The van der Waals surface area contributed by atoms with E-state index in [1.54, 1.807) is 24.7 Å². The van der Waals surface area contributed by atoms with Gasteiger partial charge < -0.3 is 32.0 Å². The topological polar surface area (TPSA) is 238 Å². The molecule has 3 atom stereocenters. The number of thiocarbonyl (C=S) groups is 1. The molecule has 46 heavy (non-hydrogen) atoms. The van der Waals surface area contributed by atoms with Crippen molar-refractivity contribution in [2.24, 2.45) is 5.73 Å². The van der Waals surface area contributed by atoms with Gasteiger partial charge in [-0.3, -0.25) is 29.2 Å². The predicted molar refractivity (Wildman–Crippen MR) is 174 cm³/mol. The van der Waals surface area contributed by atoms with E-state index in [9.17, 15) is 34.2 Å². The molecule has 2 unspecified atom stereocenters. The number of anilines is 2. The van der Waals surface area contributed by atoms with Gasteiger partial charge in [0, 0.05) is 31.1 Å². The number of hydrogen-bond donors (Lipinski definition) is 8. The van der Waals surface area contributed by atoms with Gasteiger partial charge in [0.15, 0.2) is 0 Å². The number of hydrogen-bond acceptors (Lipinski definition) is 14. The number of amides is 4. The number of aromatic amines is 1. The Labute approximate surface area is 274 Å². The summed E-state index contributed by atoms with van der Waals surface area (Å²) in [5.74, 6) is -2.85. The molecule has 9 N–H and O–H groups in total. The number of nitrogens with zero attached hydrogens (tertiary/aromatic N) is 4. The minimum absolute atomic E-state index is 0.125. The number of carboxylic acids is 1. The zero-order chi connectivity index (χ0) is 33.3. The summed E-state index contributed by atoms with van der Waals surface area (Å²) >= 11 is 8.00. The first-order valence-electron chi connectivity index (χ1n) is 13.6. The molecule has 242 valence electrons. The Kier molecular flexibility index (Phi) is 9.53. The van der Waals surface area contributed by atoms with Crippen molar-refractivity contribution in [1.82, 2.24) is 35.6 Å². The third-order valence-electron chi connectivity index (χ3n) is 7.01. The average Bonchev–Trinajstić information content (AvgIpc) is 3.52. The highest BCUT2D eigenvalue weighted by Gasteiger charge is 2.55. The number of phenols is 1. The van der Waals surface area contributed by atoms with E-state index in [2.05, 4.69) is 31.5 Å². The number of aliphatic carboxylic acids is 1. The van der Waals surface area contributed by atoms with Crippen molar-refractivity contribution in [2.45, 2.75) is 24.4 Å². The number of primary amides is 1. The number of carbonyl (C=O) groups is 4. The Balaban J connectivity index is 1.45. The first kappa shape index (κ1) is 32.8. The van der Waals surface area contributed by atoms with E-state index in [0.29, 0.717) is 11.4 Å². The van der Waals surface area contributed by atoms with Gasteiger partial charge in [-0.15, -0.1) is 11.8 Å². The zero-order valence-corrected chi connectivity index (χ0v) is 26.6. The van der Waals surface area contributed by atoms with E-state index in [1.807, 2.05) is 0 Å². The molecule has 0 radical (unpaired) electrons. The number of thioether (sulfide) groups is 1. The van der Waals surface area contributed by atoms with Crippen molar-refractivity contribution in [3.63, 3.8) is 0 Å². The number of β-lactam (4-membered cyclic amide) rings is 1. The first-order chi connectivity index (χ1) is 22.0. The van der Waals surface area contributed by atoms with E-state index in [4.69, 9.17) is 18.0 Å². The molecule has 1 aromatic carbocycles. The number of aromatic hydroxyl groups is 1. The summed E-state index contributed by atoms with van der Waals surface area (Å²) in [6.45, 7) is 2.23. The molecule has 1 saturated heterocycles. The van der Waals surface area contributed by atoms with Crippen molar-refractivity contribution < 1.29 is 29.4 Å². The van der Waals surface area contributed by atoms with Crippen LogP contribution in [0.4, 0.5) is 16.4 Å². The number of nitrogens with two attached hydrogens (primary N) is 1. The maximum Gasteiger partial charge on any atom is 0.353 e.